The summed E-state index contributed by atoms with van der Waals surface area (Å²) in [6, 6.07) is 6.33. The lowest BCUT2D eigenvalue weighted by Gasteiger charge is -2.08. The molecule has 0 aromatic heterocycles. The Balaban J connectivity index is 2.71. The normalized spacial score (nSPS) is 10.1. The van der Waals surface area contributed by atoms with Crippen LogP contribution in [0.1, 0.15) is 24.5 Å². The summed E-state index contributed by atoms with van der Waals surface area (Å²) in [5, 5.41) is 3.35. The molecule has 0 unspecified atom stereocenters. The second-order valence-electron chi connectivity index (χ2n) is 3.27. The first-order valence-electron chi connectivity index (χ1n) is 4.81. The lowest BCUT2D eigenvalue weighted by atomic mass is 10.1. The molecule has 72 valence electrons. The number of rotatable bonds is 4. The van der Waals surface area contributed by atoms with E-state index >= 15 is 0 Å². The Kier molecular flexibility index (Phi) is 3.77. The Bertz CT molecular complexity index is 269. The van der Waals surface area contributed by atoms with E-state index in [1.165, 1.54) is 16.8 Å². The number of hydrogen-bond donors (Lipinski definition) is 2. The van der Waals surface area contributed by atoms with Crippen molar-refractivity contribution >= 4 is 5.69 Å². The van der Waals surface area contributed by atoms with Crippen LogP contribution in [0, 0.1) is 6.92 Å². The molecular formula is C11H18N2. The van der Waals surface area contributed by atoms with Gasteiger partial charge < -0.3 is 11.1 Å². The number of anilines is 1. The van der Waals surface area contributed by atoms with E-state index in [4.69, 9.17) is 5.73 Å². The SMILES string of the molecule is CCCNc1ccc(CN)c(C)c1. The average Bonchev–Trinajstić information content (AvgIpc) is 2.15. The summed E-state index contributed by atoms with van der Waals surface area (Å²) in [5.74, 6) is 0. The largest absolute Gasteiger partial charge is 0.385 e. The van der Waals surface area contributed by atoms with Gasteiger partial charge in [-0.3, -0.25) is 0 Å². The van der Waals surface area contributed by atoms with Gasteiger partial charge in [-0.15, -0.1) is 0 Å². The standard InChI is InChI=1S/C11H18N2/c1-3-6-13-11-5-4-10(8-12)9(2)7-11/h4-5,7,13H,3,6,8,12H2,1-2H3. The van der Waals surface area contributed by atoms with Gasteiger partial charge in [0.1, 0.15) is 0 Å². The van der Waals surface area contributed by atoms with Crippen molar-refractivity contribution in [2.45, 2.75) is 26.8 Å². The minimum absolute atomic E-state index is 0.625. The van der Waals surface area contributed by atoms with E-state index in [9.17, 15) is 0 Å². The Hall–Kier alpha value is -1.02. The zero-order chi connectivity index (χ0) is 9.68. The van der Waals surface area contributed by atoms with E-state index in [1.807, 2.05) is 0 Å². The van der Waals surface area contributed by atoms with Crippen molar-refractivity contribution in [2.24, 2.45) is 5.73 Å². The van der Waals surface area contributed by atoms with E-state index in [-0.39, 0.29) is 0 Å². The van der Waals surface area contributed by atoms with Crippen LogP contribution in [0.5, 0.6) is 0 Å². The summed E-state index contributed by atoms with van der Waals surface area (Å²) in [6.45, 7) is 5.91. The predicted molar refractivity (Wildman–Crippen MR) is 57.9 cm³/mol. The molecule has 0 heterocycles. The number of nitrogens with two attached hydrogens (primary N) is 1. The van der Waals surface area contributed by atoms with Crippen LogP contribution in [0.3, 0.4) is 0 Å². The molecule has 0 saturated carbocycles. The number of aryl methyl sites for hydroxylation is 1. The van der Waals surface area contributed by atoms with Crippen molar-refractivity contribution < 1.29 is 0 Å². The zero-order valence-electron chi connectivity index (χ0n) is 8.43. The van der Waals surface area contributed by atoms with E-state index in [1.54, 1.807) is 0 Å². The van der Waals surface area contributed by atoms with Crippen LogP contribution in [0.15, 0.2) is 18.2 Å². The fourth-order valence-corrected chi connectivity index (χ4v) is 1.30. The topological polar surface area (TPSA) is 38.0 Å². The third kappa shape index (κ3) is 2.74. The van der Waals surface area contributed by atoms with Crippen LogP contribution in [0.2, 0.25) is 0 Å². The van der Waals surface area contributed by atoms with Gasteiger partial charge in [0.05, 0.1) is 0 Å². The van der Waals surface area contributed by atoms with Crippen LogP contribution < -0.4 is 11.1 Å². The molecule has 1 rings (SSSR count). The fraction of sp³-hybridized carbons (Fsp3) is 0.455. The molecule has 0 aliphatic carbocycles. The van der Waals surface area contributed by atoms with Gasteiger partial charge in [0, 0.05) is 18.8 Å². The lowest BCUT2D eigenvalue weighted by Crippen LogP contribution is -2.02. The van der Waals surface area contributed by atoms with Crippen molar-refractivity contribution in [2.75, 3.05) is 11.9 Å². The first-order valence-corrected chi connectivity index (χ1v) is 4.81. The summed E-state index contributed by atoms with van der Waals surface area (Å²) in [6.07, 6.45) is 1.15. The molecular weight excluding hydrogens is 160 g/mol. The second-order valence-corrected chi connectivity index (χ2v) is 3.27. The molecule has 13 heavy (non-hydrogen) atoms. The van der Waals surface area contributed by atoms with Crippen LogP contribution in [0.4, 0.5) is 5.69 Å². The zero-order valence-corrected chi connectivity index (χ0v) is 8.43. The van der Waals surface area contributed by atoms with Gasteiger partial charge in [0.25, 0.3) is 0 Å². The molecule has 1 aromatic carbocycles. The quantitative estimate of drug-likeness (QED) is 0.742. The van der Waals surface area contributed by atoms with Gasteiger partial charge in [-0.2, -0.15) is 0 Å². The van der Waals surface area contributed by atoms with Crippen LogP contribution in [-0.4, -0.2) is 6.54 Å². The Morgan fingerprint density at radius 1 is 1.38 bits per heavy atom. The predicted octanol–water partition coefficient (Wildman–Crippen LogP) is 2.28. The van der Waals surface area contributed by atoms with Gasteiger partial charge in [0.15, 0.2) is 0 Å². The monoisotopic (exact) mass is 178 g/mol. The smallest absolute Gasteiger partial charge is 0.0343 e. The molecule has 2 nitrogen and oxygen atoms in total. The average molecular weight is 178 g/mol. The third-order valence-corrected chi connectivity index (χ3v) is 2.14. The van der Waals surface area contributed by atoms with Crippen molar-refractivity contribution in [3.63, 3.8) is 0 Å². The van der Waals surface area contributed by atoms with Gasteiger partial charge >= 0.3 is 0 Å². The molecule has 0 spiro atoms. The summed E-state index contributed by atoms with van der Waals surface area (Å²) in [7, 11) is 0. The van der Waals surface area contributed by atoms with Gasteiger partial charge in [0.2, 0.25) is 0 Å². The minimum Gasteiger partial charge on any atom is -0.385 e. The molecule has 0 aliphatic rings. The first kappa shape index (κ1) is 10.1. The molecule has 3 N–H and O–H groups in total. The molecule has 0 aliphatic heterocycles. The van der Waals surface area contributed by atoms with Crippen molar-refractivity contribution in [1.29, 1.82) is 0 Å². The summed E-state index contributed by atoms with van der Waals surface area (Å²) in [4.78, 5) is 0. The van der Waals surface area contributed by atoms with E-state index < -0.39 is 0 Å². The Labute approximate surface area is 80.1 Å². The maximum Gasteiger partial charge on any atom is 0.0343 e. The van der Waals surface area contributed by atoms with Crippen LogP contribution >= 0.6 is 0 Å². The Morgan fingerprint density at radius 2 is 2.15 bits per heavy atom. The van der Waals surface area contributed by atoms with Gasteiger partial charge in [-0.1, -0.05) is 13.0 Å². The molecule has 0 amide bonds. The highest BCUT2D eigenvalue weighted by molar-refractivity contribution is 5.48. The molecule has 0 atom stereocenters. The summed E-state index contributed by atoms with van der Waals surface area (Å²) in [5.41, 5.74) is 9.26. The van der Waals surface area contributed by atoms with Crippen molar-refractivity contribution in [1.82, 2.24) is 0 Å². The van der Waals surface area contributed by atoms with E-state index in [2.05, 4.69) is 37.4 Å². The van der Waals surface area contributed by atoms with Gasteiger partial charge in [-0.25, -0.2) is 0 Å². The summed E-state index contributed by atoms with van der Waals surface area (Å²) < 4.78 is 0. The summed E-state index contributed by atoms with van der Waals surface area (Å²) >= 11 is 0. The Morgan fingerprint density at radius 3 is 2.69 bits per heavy atom. The fourth-order valence-electron chi connectivity index (χ4n) is 1.30. The minimum atomic E-state index is 0.625. The highest BCUT2D eigenvalue weighted by atomic mass is 14.9. The van der Waals surface area contributed by atoms with E-state index in [0.717, 1.165) is 13.0 Å². The molecule has 0 fully saturated rings. The number of nitrogens with one attached hydrogen (secondary N) is 1. The molecule has 2 heteroatoms. The highest BCUT2D eigenvalue weighted by Crippen LogP contribution is 2.14. The molecule has 0 saturated heterocycles. The van der Waals surface area contributed by atoms with Gasteiger partial charge in [-0.05, 0) is 36.6 Å². The third-order valence-electron chi connectivity index (χ3n) is 2.14. The second kappa shape index (κ2) is 4.87. The molecule has 0 radical (unpaired) electrons. The van der Waals surface area contributed by atoms with Crippen LogP contribution in [-0.2, 0) is 6.54 Å². The molecule has 0 bridgehead atoms. The van der Waals surface area contributed by atoms with Crippen molar-refractivity contribution in [3.05, 3.63) is 29.3 Å². The number of benzene rings is 1. The maximum absolute atomic E-state index is 5.58. The lowest BCUT2D eigenvalue weighted by molar-refractivity contribution is 0.977. The van der Waals surface area contributed by atoms with E-state index in [0.29, 0.717) is 6.54 Å². The molecule has 1 aromatic rings. The maximum atomic E-state index is 5.58. The number of hydrogen-bond acceptors (Lipinski definition) is 2. The highest BCUT2D eigenvalue weighted by Gasteiger charge is 1.96. The van der Waals surface area contributed by atoms with Crippen molar-refractivity contribution in [3.8, 4) is 0 Å². The van der Waals surface area contributed by atoms with Crippen LogP contribution in [0.25, 0.3) is 0 Å². The first-order chi connectivity index (χ1) is 6.27.